The highest BCUT2D eigenvalue weighted by molar-refractivity contribution is 7.91. The number of rotatable bonds is 10. The van der Waals surface area contributed by atoms with Gasteiger partial charge in [0.25, 0.3) is 0 Å². The van der Waals surface area contributed by atoms with Crippen LogP contribution in [0.4, 0.5) is 20.7 Å². The topological polar surface area (TPSA) is 117 Å². The molecule has 8 nitrogen and oxygen atoms in total. The highest BCUT2D eigenvalue weighted by Gasteiger charge is 2.20. The van der Waals surface area contributed by atoms with E-state index >= 15 is 0 Å². The molecule has 2 atom stereocenters. The highest BCUT2D eigenvalue weighted by Crippen LogP contribution is 2.28. The van der Waals surface area contributed by atoms with Gasteiger partial charge in [0.05, 0.1) is 23.9 Å². The summed E-state index contributed by atoms with van der Waals surface area (Å²) in [5.41, 5.74) is 0.0856. The van der Waals surface area contributed by atoms with Crippen LogP contribution in [0.5, 0.6) is 0 Å². The number of halogens is 3. The van der Waals surface area contributed by atoms with Gasteiger partial charge in [0.1, 0.15) is 5.82 Å². The van der Waals surface area contributed by atoms with Crippen molar-refractivity contribution >= 4 is 33.5 Å². The molecular formula is C19H26ClF2N5O3S. The van der Waals surface area contributed by atoms with Gasteiger partial charge in [-0.15, -0.1) is 0 Å². The highest BCUT2D eigenvalue weighted by atomic mass is 35.5. The molecule has 3 N–H and O–H groups in total. The molecule has 172 valence electrons. The number of nitrogens with one attached hydrogen (secondary N) is 2. The number of nitrogens with zero attached hydrogens (tertiary/aromatic N) is 3. The molecule has 0 saturated heterocycles. The quantitative estimate of drug-likeness (QED) is 0.449. The van der Waals surface area contributed by atoms with Crippen molar-refractivity contribution < 1.29 is 22.3 Å². The van der Waals surface area contributed by atoms with Crippen LogP contribution in [0.3, 0.4) is 0 Å². The molecule has 2 aromatic rings. The lowest BCUT2D eigenvalue weighted by Gasteiger charge is -2.19. The Bertz CT molecular complexity index is 1020. The summed E-state index contributed by atoms with van der Waals surface area (Å²) >= 11 is 5.61. The van der Waals surface area contributed by atoms with E-state index in [1.165, 1.54) is 12.1 Å². The van der Waals surface area contributed by atoms with Crippen LogP contribution < -0.4 is 10.0 Å². The standard InChI is InChI=1S/C19H26ClF2N5O3S/c1-10(2)7-12(9-28)23-18-24-15(25-19(26-18)27-31(4,29)30)8-11(3)13-5-6-14(20)17(22)16(13)21/h5-6,10-12,28H,7-9H2,1-4H3,(H2,23,24,25,26,27)/t11-,12-/m1/s1. The Labute approximate surface area is 185 Å². The monoisotopic (exact) mass is 477 g/mol. The minimum atomic E-state index is -3.67. The minimum absolute atomic E-state index is 0.0609. The largest absolute Gasteiger partial charge is 0.394 e. The van der Waals surface area contributed by atoms with Crippen molar-refractivity contribution in [3.05, 3.63) is 40.2 Å². The Kier molecular flexibility index (Phi) is 8.49. The fourth-order valence-corrected chi connectivity index (χ4v) is 3.59. The minimum Gasteiger partial charge on any atom is -0.394 e. The molecule has 0 aliphatic carbocycles. The number of aromatic nitrogens is 3. The van der Waals surface area contributed by atoms with E-state index in [0.717, 1.165) is 6.26 Å². The molecule has 1 heterocycles. The van der Waals surface area contributed by atoms with E-state index in [-0.39, 0.29) is 53.3 Å². The molecule has 0 bridgehead atoms. The summed E-state index contributed by atoms with van der Waals surface area (Å²) in [7, 11) is -3.67. The van der Waals surface area contributed by atoms with Crippen molar-refractivity contribution in [2.45, 2.75) is 45.6 Å². The van der Waals surface area contributed by atoms with Crippen LogP contribution in [-0.4, -0.2) is 47.4 Å². The number of aliphatic hydroxyl groups excluding tert-OH is 1. The first-order valence-corrected chi connectivity index (χ1v) is 11.9. The van der Waals surface area contributed by atoms with Crippen LogP contribution in [0.25, 0.3) is 0 Å². The smallest absolute Gasteiger partial charge is 0.241 e. The fraction of sp³-hybridized carbons (Fsp3) is 0.526. The summed E-state index contributed by atoms with van der Waals surface area (Å²) < 4.78 is 53.6. The van der Waals surface area contributed by atoms with E-state index < -0.39 is 27.6 Å². The van der Waals surface area contributed by atoms with Gasteiger partial charge in [-0.1, -0.05) is 38.4 Å². The summed E-state index contributed by atoms with van der Waals surface area (Å²) in [4.78, 5) is 12.4. The van der Waals surface area contributed by atoms with Crippen LogP contribution >= 0.6 is 11.6 Å². The van der Waals surface area contributed by atoms with Crippen molar-refractivity contribution in [3.63, 3.8) is 0 Å². The lowest BCUT2D eigenvalue weighted by Crippen LogP contribution is -2.27. The first-order chi connectivity index (χ1) is 14.4. The molecule has 0 radical (unpaired) electrons. The summed E-state index contributed by atoms with van der Waals surface area (Å²) in [5.74, 6) is -2.45. The molecule has 0 amide bonds. The van der Waals surface area contributed by atoms with Crippen LogP contribution in [0.2, 0.25) is 5.02 Å². The molecular weight excluding hydrogens is 452 g/mol. The molecule has 0 aliphatic rings. The maximum atomic E-state index is 14.3. The van der Waals surface area contributed by atoms with Crippen molar-refractivity contribution in [1.29, 1.82) is 0 Å². The second kappa shape index (κ2) is 10.5. The van der Waals surface area contributed by atoms with E-state index in [2.05, 4.69) is 25.0 Å². The molecule has 12 heteroatoms. The first kappa shape index (κ1) is 25.2. The normalized spacial score (nSPS) is 13.8. The Morgan fingerprint density at radius 1 is 1.10 bits per heavy atom. The molecule has 0 fully saturated rings. The zero-order valence-corrected chi connectivity index (χ0v) is 19.2. The predicted octanol–water partition coefficient (Wildman–Crippen LogP) is 3.34. The molecule has 0 saturated carbocycles. The maximum Gasteiger partial charge on any atom is 0.241 e. The van der Waals surface area contributed by atoms with Gasteiger partial charge in [-0.3, -0.25) is 4.72 Å². The zero-order valence-electron chi connectivity index (χ0n) is 17.7. The Morgan fingerprint density at radius 2 is 1.74 bits per heavy atom. The molecule has 2 rings (SSSR count). The van der Waals surface area contributed by atoms with Gasteiger partial charge in [0.15, 0.2) is 11.6 Å². The average Bonchev–Trinajstić information content (AvgIpc) is 2.63. The molecule has 1 aromatic carbocycles. The average molecular weight is 478 g/mol. The lowest BCUT2D eigenvalue weighted by molar-refractivity contribution is 0.259. The number of aliphatic hydroxyl groups is 1. The summed E-state index contributed by atoms with van der Waals surface area (Å²) in [6.45, 7) is 5.45. The third-order valence-corrected chi connectivity index (χ3v) is 5.20. The van der Waals surface area contributed by atoms with Gasteiger partial charge in [-0.05, 0) is 29.9 Å². The van der Waals surface area contributed by atoms with Crippen LogP contribution in [-0.2, 0) is 16.4 Å². The van der Waals surface area contributed by atoms with E-state index in [4.69, 9.17) is 11.6 Å². The molecule has 31 heavy (non-hydrogen) atoms. The van der Waals surface area contributed by atoms with Gasteiger partial charge in [0.2, 0.25) is 21.9 Å². The number of anilines is 2. The number of sulfonamides is 1. The molecule has 0 spiro atoms. The van der Waals surface area contributed by atoms with E-state index in [1.807, 2.05) is 13.8 Å². The van der Waals surface area contributed by atoms with Crippen molar-refractivity contribution in [1.82, 2.24) is 15.0 Å². The van der Waals surface area contributed by atoms with Gasteiger partial charge in [0, 0.05) is 6.42 Å². The van der Waals surface area contributed by atoms with Gasteiger partial charge in [-0.25, -0.2) is 17.2 Å². The Balaban J connectivity index is 2.36. The first-order valence-electron chi connectivity index (χ1n) is 9.63. The van der Waals surface area contributed by atoms with Crippen LogP contribution in [0, 0.1) is 17.6 Å². The number of hydrogen-bond donors (Lipinski definition) is 3. The lowest BCUT2D eigenvalue weighted by atomic mass is 9.96. The second-order valence-corrected chi connectivity index (χ2v) is 9.95. The van der Waals surface area contributed by atoms with Crippen molar-refractivity contribution in [2.24, 2.45) is 5.92 Å². The Morgan fingerprint density at radius 3 is 2.32 bits per heavy atom. The van der Waals surface area contributed by atoms with E-state index in [9.17, 15) is 22.3 Å². The van der Waals surface area contributed by atoms with E-state index in [1.54, 1.807) is 6.92 Å². The summed E-state index contributed by atoms with van der Waals surface area (Å²) in [6.07, 6.45) is 1.65. The predicted molar refractivity (Wildman–Crippen MR) is 116 cm³/mol. The van der Waals surface area contributed by atoms with Gasteiger partial charge >= 0.3 is 0 Å². The fourth-order valence-electron chi connectivity index (χ4n) is 3.02. The third-order valence-electron chi connectivity index (χ3n) is 4.35. The SMILES string of the molecule is CC(C)C[C@H](CO)Nc1nc(C[C@@H](C)c2ccc(Cl)c(F)c2F)nc(NS(C)(=O)=O)n1. The zero-order chi connectivity index (χ0) is 23.3. The second-order valence-electron chi connectivity index (χ2n) is 7.80. The number of benzene rings is 1. The molecule has 0 aliphatic heterocycles. The summed E-state index contributed by atoms with van der Waals surface area (Å²) in [6, 6.07) is 2.29. The van der Waals surface area contributed by atoms with Gasteiger partial charge < -0.3 is 10.4 Å². The van der Waals surface area contributed by atoms with Crippen molar-refractivity contribution in [2.75, 3.05) is 22.9 Å². The van der Waals surface area contributed by atoms with Crippen LogP contribution in [0.1, 0.15) is 44.5 Å². The van der Waals surface area contributed by atoms with Crippen molar-refractivity contribution in [3.8, 4) is 0 Å². The molecule has 0 unspecified atom stereocenters. The van der Waals surface area contributed by atoms with Gasteiger partial charge in [-0.2, -0.15) is 15.0 Å². The maximum absolute atomic E-state index is 14.3. The third kappa shape index (κ3) is 7.51. The Hall–Kier alpha value is -2.11. The van der Waals surface area contributed by atoms with E-state index in [0.29, 0.717) is 6.42 Å². The number of hydrogen-bond acceptors (Lipinski definition) is 7. The van der Waals surface area contributed by atoms with Crippen LogP contribution in [0.15, 0.2) is 12.1 Å². The summed E-state index contributed by atoms with van der Waals surface area (Å²) in [5, 5.41) is 12.3. The molecule has 1 aromatic heterocycles.